The van der Waals surface area contributed by atoms with E-state index in [2.05, 4.69) is 34.4 Å². The minimum atomic E-state index is -0.315. The van der Waals surface area contributed by atoms with Gasteiger partial charge >= 0.3 is 11.9 Å². The Kier molecular flexibility index (Phi) is 7.59. The van der Waals surface area contributed by atoms with Gasteiger partial charge in [0.15, 0.2) is 0 Å². The Morgan fingerprint density at radius 3 is 2.71 bits per heavy atom. The van der Waals surface area contributed by atoms with Crippen molar-refractivity contribution in [2.24, 2.45) is 0 Å². The zero-order chi connectivity index (χ0) is 24.8. The fraction of sp³-hybridized carbons (Fsp3) is 0.360. The average molecular weight is 480 g/mol. The van der Waals surface area contributed by atoms with Crippen molar-refractivity contribution in [1.82, 2.24) is 29.6 Å². The van der Waals surface area contributed by atoms with Crippen LogP contribution in [0.25, 0.3) is 28.5 Å². The van der Waals surface area contributed by atoms with E-state index in [9.17, 15) is 9.18 Å². The van der Waals surface area contributed by atoms with Gasteiger partial charge in [-0.2, -0.15) is 4.98 Å². The van der Waals surface area contributed by atoms with Gasteiger partial charge in [0.25, 0.3) is 0 Å². The van der Waals surface area contributed by atoms with Crippen molar-refractivity contribution in [2.75, 3.05) is 25.5 Å². The van der Waals surface area contributed by atoms with Crippen LogP contribution in [0.4, 0.5) is 15.1 Å². The van der Waals surface area contributed by atoms with E-state index in [4.69, 9.17) is 9.40 Å². The summed E-state index contributed by atoms with van der Waals surface area (Å²) in [5.74, 6) is 0.570. The van der Waals surface area contributed by atoms with E-state index in [0.717, 1.165) is 30.6 Å². The van der Waals surface area contributed by atoms with E-state index in [1.807, 2.05) is 0 Å². The molecule has 1 aliphatic rings. The third-order valence-electron chi connectivity index (χ3n) is 5.53. The fourth-order valence-corrected chi connectivity index (χ4v) is 4.02. The van der Waals surface area contributed by atoms with Gasteiger partial charge in [-0.3, -0.25) is 4.40 Å². The van der Waals surface area contributed by atoms with Crippen LogP contribution in [-0.4, -0.2) is 56.5 Å². The largest absolute Gasteiger partial charge is 0.432 e. The number of nitrogens with one attached hydrogen (secondary N) is 2. The molecule has 0 spiro atoms. The molecule has 5 rings (SSSR count). The van der Waals surface area contributed by atoms with E-state index in [-0.39, 0.29) is 17.9 Å². The van der Waals surface area contributed by atoms with Gasteiger partial charge in [-0.05, 0) is 43.2 Å². The van der Waals surface area contributed by atoms with Crippen molar-refractivity contribution in [3.05, 3.63) is 54.8 Å². The van der Waals surface area contributed by atoms with Crippen molar-refractivity contribution in [3.63, 3.8) is 0 Å². The molecule has 1 aromatic carbocycles. The number of imidazole rings is 1. The molecular formula is C25H30FN7O2. The predicted octanol–water partition coefficient (Wildman–Crippen LogP) is 4.82. The number of fused-ring (bicyclic) bond motifs is 1. The van der Waals surface area contributed by atoms with Crippen LogP contribution in [0.5, 0.6) is 0 Å². The predicted molar refractivity (Wildman–Crippen MR) is 133 cm³/mol. The smallest absolute Gasteiger partial charge is 0.317 e. The van der Waals surface area contributed by atoms with Crippen molar-refractivity contribution in [3.8, 4) is 22.6 Å². The standard InChI is InChI=1S/C22H22FN7O2.C3H8/c1-24-21(31)29-10-2-3-16(13-29)26-20-25-9-8-17(27-20)19-18(14-4-6-15(23)7-5-14)28-22-30(19)11-12-32-22;1-3-2/h4-9,11-12,16H,2-3,10,13H2,1H3,(H,24,31)(H,25,26,27);3H2,1-2H3. The Hall–Kier alpha value is -3.95. The molecule has 0 radical (unpaired) electrons. The van der Waals surface area contributed by atoms with Crippen LogP contribution in [-0.2, 0) is 0 Å². The number of urea groups is 1. The molecule has 1 unspecified atom stereocenters. The van der Waals surface area contributed by atoms with Gasteiger partial charge in [0.2, 0.25) is 5.95 Å². The topological polar surface area (TPSA) is 101 Å². The van der Waals surface area contributed by atoms with E-state index < -0.39 is 0 Å². The number of rotatable bonds is 4. The van der Waals surface area contributed by atoms with Crippen molar-refractivity contribution in [2.45, 2.75) is 39.2 Å². The van der Waals surface area contributed by atoms with Crippen LogP contribution in [0.3, 0.4) is 0 Å². The van der Waals surface area contributed by atoms with Crippen LogP contribution in [0, 0.1) is 5.82 Å². The van der Waals surface area contributed by atoms with Crippen LogP contribution in [0.15, 0.2) is 53.4 Å². The molecule has 1 saturated heterocycles. The Labute approximate surface area is 203 Å². The number of hydrogen-bond donors (Lipinski definition) is 2. The SMILES string of the molecule is CCC.CNC(=O)N1CCCC(Nc2nccc(-c3c(-c4ccc(F)cc4)nc4occn34)n2)C1. The number of carbonyl (C=O) groups excluding carboxylic acids is 1. The number of anilines is 1. The average Bonchev–Trinajstić information content (AvgIpc) is 3.46. The van der Waals surface area contributed by atoms with Gasteiger partial charge in [0.1, 0.15) is 23.5 Å². The van der Waals surface area contributed by atoms with Gasteiger partial charge in [-0.25, -0.2) is 19.2 Å². The molecule has 4 aromatic rings. The summed E-state index contributed by atoms with van der Waals surface area (Å²) in [4.78, 5) is 27.4. The zero-order valence-corrected chi connectivity index (χ0v) is 20.2. The molecule has 2 amide bonds. The molecule has 1 fully saturated rings. The summed E-state index contributed by atoms with van der Waals surface area (Å²) in [6, 6.07) is 7.91. The van der Waals surface area contributed by atoms with E-state index >= 15 is 0 Å². The second-order valence-corrected chi connectivity index (χ2v) is 8.33. The molecule has 184 valence electrons. The van der Waals surface area contributed by atoms with Crippen LogP contribution >= 0.6 is 0 Å². The lowest BCUT2D eigenvalue weighted by atomic mass is 10.1. The lowest BCUT2D eigenvalue weighted by Gasteiger charge is -2.32. The third-order valence-corrected chi connectivity index (χ3v) is 5.53. The van der Waals surface area contributed by atoms with E-state index in [1.165, 1.54) is 18.6 Å². The van der Waals surface area contributed by atoms with Gasteiger partial charge in [-0.1, -0.05) is 20.3 Å². The molecule has 4 heterocycles. The lowest BCUT2D eigenvalue weighted by Crippen LogP contribution is -2.48. The highest BCUT2D eigenvalue weighted by Crippen LogP contribution is 2.32. The molecular weight excluding hydrogens is 449 g/mol. The Morgan fingerprint density at radius 2 is 1.97 bits per heavy atom. The molecule has 0 bridgehead atoms. The summed E-state index contributed by atoms with van der Waals surface area (Å²) in [6.45, 7) is 5.56. The number of likely N-dealkylation sites (tertiary alicyclic amines) is 1. The first kappa shape index (κ1) is 24.2. The number of carbonyl (C=O) groups is 1. The lowest BCUT2D eigenvalue weighted by molar-refractivity contribution is 0.184. The molecule has 3 aromatic heterocycles. The Morgan fingerprint density at radius 1 is 1.20 bits per heavy atom. The van der Waals surface area contributed by atoms with Gasteiger partial charge in [-0.15, -0.1) is 0 Å². The number of halogens is 1. The number of nitrogens with zero attached hydrogens (tertiary/aromatic N) is 5. The highest BCUT2D eigenvalue weighted by molar-refractivity contribution is 5.79. The van der Waals surface area contributed by atoms with E-state index in [0.29, 0.717) is 29.7 Å². The quantitative estimate of drug-likeness (QED) is 0.435. The molecule has 2 N–H and O–H groups in total. The third kappa shape index (κ3) is 5.42. The molecule has 0 saturated carbocycles. The summed E-state index contributed by atoms with van der Waals surface area (Å²) in [5.41, 5.74) is 2.76. The van der Waals surface area contributed by atoms with Crippen LogP contribution in [0.1, 0.15) is 33.1 Å². The number of oxazole rings is 1. The number of benzene rings is 1. The summed E-state index contributed by atoms with van der Waals surface area (Å²) in [7, 11) is 1.63. The fourth-order valence-electron chi connectivity index (χ4n) is 4.02. The normalized spacial score (nSPS) is 15.4. The summed E-state index contributed by atoms with van der Waals surface area (Å²) in [6.07, 6.45) is 8.06. The summed E-state index contributed by atoms with van der Waals surface area (Å²) in [5, 5.41) is 6.03. The van der Waals surface area contributed by atoms with Crippen LogP contribution in [0.2, 0.25) is 0 Å². The molecule has 0 aliphatic carbocycles. The van der Waals surface area contributed by atoms with Crippen molar-refractivity contribution < 1.29 is 13.6 Å². The number of aromatic nitrogens is 4. The second-order valence-electron chi connectivity index (χ2n) is 8.33. The van der Waals surface area contributed by atoms with Gasteiger partial charge in [0.05, 0.1) is 5.69 Å². The van der Waals surface area contributed by atoms with E-state index in [1.54, 1.807) is 53.2 Å². The minimum Gasteiger partial charge on any atom is -0.432 e. The molecule has 1 aliphatic heterocycles. The van der Waals surface area contributed by atoms with Crippen LogP contribution < -0.4 is 10.6 Å². The molecule has 9 nitrogen and oxygen atoms in total. The number of hydrogen-bond acceptors (Lipinski definition) is 6. The highest BCUT2D eigenvalue weighted by atomic mass is 19.1. The highest BCUT2D eigenvalue weighted by Gasteiger charge is 2.24. The maximum absolute atomic E-state index is 13.4. The zero-order valence-electron chi connectivity index (χ0n) is 20.2. The summed E-state index contributed by atoms with van der Waals surface area (Å²) >= 11 is 0. The maximum Gasteiger partial charge on any atom is 0.317 e. The first-order chi connectivity index (χ1) is 17.0. The minimum absolute atomic E-state index is 0.0484. The van der Waals surface area contributed by atoms with Gasteiger partial charge < -0.3 is 20.0 Å². The molecule has 35 heavy (non-hydrogen) atoms. The molecule has 10 heteroatoms. The first-order valence-corrected chi connectivity index (χ1v) is 11.8. The monoisotopic (exact) mass is 479 g/mol. The Bertz CT molecular complexity index is 1270. The Balaban J connectivity index is 0.000000917. The van der Waals surface area contributed by atoms with Crippen molar-refractivity contribution >= 4 is 17.8 Å². The first-order valence-electron chi connectivity index (χ1n) is 11.8. The number of amides is 2. The number of piperidine rings is 1. The maximum atomic E-state index is 13.4. The molecule has 1 atom stereocenters. The van der Waals surface area contributed by atoms with Gasteiger partial charge in [0, 0.05) is 44.1 Å². The summed E-state index contributed by atoms with van der Waals surface area (Å²) < 4.78 is 20.7. The second kappa shape index (κ2) is 11.0. The van der Waals surface area contributed by atoms with Crippen molar-refractivity contribution in [1.29, 1.82) is 0 Å².